The lowest BCUT2D eigenvalue weighted by molar-refractivity contribution is 0.0948. The minimum absolute atomic E-state index is 0.134. The Kier molecular flexibility index (Phi) is 6.55. The molecule has 122 valence electrons. The maximum Gasteiger partial charge on any atom is 0.252 e. The molecule has 0 bridgehead atoms. The average Bonchev–Trinajstić information content (AvgIpc) is 2.54. The monoisotopic (exact) mass is 377 g/mol. The number of ether oxygens (including phenoxy) is 1. The predicted molar refractivity (Wildman–Crippen MR) is 95.2 cm³/mol. The van der Waals surface area contributed by atoms with Crippen LogP contribution in [0, 0.1) is 6.92 Å². The highest BCUT2D eigenvalue weighted by Crippen LogP contribution is 2.23. The number of amides is 1. The van der Waals surface area contributed by atoms with Crippen LogP contribution in [0.1, 0.15) is 22.3 Å². The molecule has 0 aliphatic heterocycles. The molecule has 2 rings (SSSR count). The zero-order chi connectivity index (χ0) is 16.7. The van der Waals surface area contributed by atoms with Gasteiger partial charge in [-0.25, -0.2) is 0 Å². The second-order valence-electron chi connectivity index (χ2n) is 5.15. The first-order valence-electron chi connectivity index (χ1n) is 7.35. The van der Waals surface area contributed by atoms with Crippen molar-refractivity contribution in [1.29, 1.82) is 0 Å². The molecule has 2 aromatic rings. The molecule has 2 N–H and O–H groups in total. The van der Waals surface area contributed by atoms with Gasteiger partial charge in [0.2, 0.25) is 0 Å². The number of halogens is 1. The number of anilines is 2. The number of aryl methyl sites for hydroxylation is 1. The van der Waals surface area contributed by atoms with Crippen LogP contribution in [0.4, 0.5) is 11.4 Å². The van der Waals surface area contributed by atoms with E-state index < -0.39 is 0 Å². The Hall–Kier alpha value is -1.92. The molecule has 1 aromatic heterocycles. The highest BCUT2D eigenvalue weighted by Gasteiger charge is 2.07. The first-order chi connectivity index (χ1) is 11.1. The number of benzene rings is 1. The van der Waals surface area contributed by atoms with Crippen molar-refractivity contribution < 1.29 is 9.53 Å². The Morgan fingerprint density at radius 1 is 1.30 bits per heavy atom. The maximum atomic E-state index is 12.1. The van der Waals surface area contributed by atoms with Crippen molar-refractivity contribution in [3.63, 3.8) is 0 Å². The fourth-order valence-corrected chi connectivity index (χ4v) is 2.55. The predicted octanol–water partition coefficient (Wildman–Crippen LogP) is 3.66. The summed E-state index contributed by atoms with van der Waals surface area (Å²) in [5.41, 5.74) is 3.39. The highest BCUT2D eigenvalue weighted by molar-refractivity contribution is 9.10. The number of aromatic nitrogens is 1. The molecule has 0 aliphatic carbocycles. The molecule has 1 heterocycles. The minimum atomic E-state index is -0.134. The van der Waals surface area contributed by atoms with E-state index in [-0.39, 0.29) is 5.91 Å². The summed E-state index contributed by atoms with van der Waals surface area (Å²) in [6.45, 7) is 3.23. The summed E-state index contributed by atoms with van der Waals surface area (Å²) >= 11 is 3.45. The molecule has 0 radical (unpaired) electrons. The number of methoxy groups -OCH3 is 1. The molecule has 0 saturated heterocycles. The van der Waals surface area contributed by atoms with Gasteiger partial charge in [-0.3, -0.25) is 9.78 Å². The summed E-state index contributed by atoms with van der Waals surface area (Å²) in [5, 5.41) is 6.14. The topological polar surface area (TPSA) is 63.2 Å². The molecule has 0 fully saturated rings. The highest BCUT2D eigenvalue weighted by atomic mass is 79.9. The lowest BCUT2D eigenvalue weighted by atomic mass is 10.2. The standard InChI is InChI=1S/C17H20BrN3O2/c1-12-8-14(18)4-5-16(12)21-15-9-13(10-19-11-15)17(22)20-6-3-7-23-2/h4-5,8-11,21H,3,6-7H2,1-2H3,(H,20,22). The number of carbonyl (C=O) groups excluding carboxylic acids is 1. The van der Waals surface area contributed by atoms with E-state index in [1.807, 2.05) is 25.1 Å². The number of carbonyl (C=O) groups is 1. The quantitative estimate of drug-likeness (QED) is 0.722. The molecular formula is C17H20BrN3O2. The van der Waals surface area contributed by atoms with Crippen LogP contribution < -0.4 is 10.6 Å². The van der Waals surface area contributed by atoms with Gasteiger partial charge in [0.25, 0.3) is 5.91 Å². The van der Waals surface area contributed by atoms with Gasteiger partial charge in [0.05, 0.1) is 17.4 Å². The van der Waals surface area contributed by atoms with E-state index in [0.717, 1.165) is 27.8 Å². The van der Waals surface area contributed by atoms with Gasteiger partial charge >= 0.3 is 0 Å². The number of nitrogens with zero attached hydrogens (tertiary/aromatic N) is 1. The zero-order valence-electron chi connectivity index (χ0n) is 13.2. The van der Waals surface area contributed by atoms with E-state index in [0.29, 0.717) is 18.7 Å². The van der Waals surface area contributed by atoms with Crippen LogP contribution in [-0.2, 0) is 4.74 Å². The Labute approximate surface area is 144 Å². The summed E-state index contributed by atoms with van der Waals surface area (Å²) in [7, 11) is 1.64. The van der Waals surface area contributed by atoms with Crippen LogP contribution in [0.15, 0.2) is 41.1 Å². The van der Waals surface area contributed by atoms with Crippen molar-refractivity contribution >= 4 is 33.2 Å². The van der Waals surface area contributed by atoms with Crippen LogP contribution in [-0.4, -0.2) is 31.2 Å². The summed E-state index contributed by atoms with van der Waals surface area (Å²) < 4.78 is 5.99. The van der Waals surface area contributed by atoms with E-state index >= 15 is 0 Å². The van der Waals surface area contributed by atoms with Crippen LogP contribution in [0.3, 0.4) is 0 Å². The van der Waals surface area contributed by atoms with Gasteiger partial charge < -0.3 is 15.4 Å². The largest absolute Gasteiger partial charge is 0.385 e. The molecule has 1 aromatic carbocycles. The Balaban J connectivity index is 2.03. The number of nitrogens with one attached hydrogen (secondary N) is 2. The lowest BCUT2D eigenvalue weighted by Gasteiger charge is -2.11. The minimum Gasteiger partial charge on any atom is -0.385 e. The van der Waals surface area contributed by atoms with Gasteiger partial charge in [0.1, 0.15) is 0 Å². The maximum absolute atomic E-state index is 12.1. The molecule has 0 atom stereocenters. The molecule has 23 heavy (non-hydrogen) atoms. The number of hydrogen-bond acceptors (Lipinski definition) is 4. The summed E-state index contributed by atoms with van der Waals surface area (Å²) in [6.07, 6.45) is 4.04. The van der Waals surface area contributed by atoms with Crippen LogP contribution in [0.5, 0.6) is 0 Å². The van der Waals surface area contributed by atoms with Crippen molar-refractivity contribution in [2.45, 2.75) is 13.3 Å². The number of pyridine rings is 1. The van der Waals surface area contributed by atoms with Crippen LogP contribution in [0.2, 0.25) is 0 Å². The normalized spacial score (nSPS) is 10.4. The smallest absolute Gasteiger partial charge is 0.252 e. The molecule has 6 heteroatoms. The third-order valence-electron chi connectivity index (χ3n) is 3.28. The van der Waals surface area contributed by atoms with Crippen molar-refractivity contribution in [3.05, 3.63) is 52.3 Å². The van der Waals surface area contributed by atoms with E-state index in [1.165, 1.54) is 0 Å². The average molecular weight is 378 g/mol. The van der Waals surface area contributed by atoms with Crippen molar-refractivity contribution in [2.24, 2.45) is 0 Å². The van der Waals surface area contributed by atoms with Gasteiger partial charge in [0.15, 0.2) is 0 Å². The van der Waals surface area contributed by atoms with E-state index in [2.05, 4.69) is 31.5 Å². The molecule has 0 saturated carbocycles. The van der Waals surface area contributed by atoms with Crippen molar-refractivity contribution in [2.75, 3.05) is 25.6 Å². The Bertz CT molecular complexity index is 677. The van der Waals surface area contributed by atoms with Gasteiger partial charge in [0, 0.05) is 36.6 Å². The summed E-state index contributed by atoms with van der Waals surface area (Å²) in [6, 6.07) is 7.77. The van der Waals surface area contributed by atoms with E-state index in [9.17, 15) is 4.79 Å². The first kappa shape index (κ1) is 17.4. The Morgan fingerprint density at radius 2 is 2.13 bits per heavy atom. The first-order valence-corrected chi connectivity index (χ1v) is 8.15. The Morgan fingerprint density at radius 3 is 2.87 bits per heavy atom. The SMILES string of the molecule is COCCCNC(=O)c1cncc(Nc2ccc(Br)cc2C)c1. The molecule has 0 aliphatic rings. The van der Waals surface area contributed by atoms with Crippen LogP contribution in [0.25, 0.3) is 0 Å². The number of rotatable bonds is 7. The molecule has 1 amide bonds. The van der Waals surface area contributed by atoms with Crippen LogP contribution >= 0.6 is 15.9 Å². The molecule has 0 spiro atoms. The second kappa shape index (κ2) is 8.64. The third-order valence-corrected chi connectivity index (χ3v) is 3.77. The van der Waals surface area contributed by atoms with Gasteiger partial charge in [-0.15, -0.1) is 0 Å². The van der Waals surface area contributed by atoms with Gasteiger partial charge in [-0.05, 0) is 43.2 Å². The van der Waals surface area contributed by atoms with Gasteiger partial charge in [-0.1, -0.05) is 15.9 Å². The van der Waals surface area contributed by atoms with E-state index in [1.54, 1.807) is 25.6 Å². The lowest BCUT2D eigenvalue weighted by Crippen LogP contribution is -2.25. The van der Waals surface area contributed by atoms with Gasteiger partial charge in [-0.2, -0.15) is 0 Å². The molecule has 0 unspecified atom stereocenters. The summed E-state index contributed by atoms with van der Waals surface area (Å²) in [5.74, 6) is -0.134. The summed E-state index contributed by atoms with van der Waals surface area (Å²) in [4.78, 5) is 16.2. The molecular weight excluding hydrogens is 358 g/mol. The second-order valence-corrected chi connectivity index (χ2v) is 6.06. The fraction of sp³-hybridized carbons (Fsp3) is 0.294. The van der Waals surface area contributed by atoms with Crippen molar-refractivity contribution in [3.8, 4) is 0 Å². The number of hydrogen-bond donors (Lipinski definition) is 2. The molecule has 5 nitrogen and oxygen atoms in total. The zero-order valence-corrected chi connectivity index (χ0v) is 14.8. The van der Waals surface area contributed by atoms with E-state index in [4.69, 9.17) is 4.74 Å². The fourth-order valence-electron chi connectivity index (χ4n) is 2.08. The van der Waals surface area contributed by atoms with Crippen molar-refractivity contribution in [1.82, 2.24) is 10.3 Å². The third kappa shape index (κ3) is 5.33.